The van der Waals surface area contributed by atoms with Crippen molar-refractivity contribution in [3.05, 3.63) is 77.2 Å². The fourth-order valence-corrected chi connectivity index (χ4v) is 5.63. The Kier molecular flexibility index (Phi) is 8.65. The molecule has 0 aliphatic heterocycles. The molecule has 0 saturated carbocycles. The van der Waals surface area contributed by atoms with Crippen LogP contribution < -0.4 is 10.1 Å². The molecule has 1 amide bonds. The number of carbonyl (C=O) groups is 2. The molecule has 0 bridgehead atoms. The zero-order chi connectivity index (χ0) is 27.2. The Morgan fingerprint density at radius 2 is 1.87 bits per heavy atom. The Hall–Kier alpha value is -3.89. The second kappa shape index (κ2) is 12.1. The number of aromatic nitrogens is 3. The first-order chi connectivity index (χ1) is 18.4. The van der Waals surface area contributed by atoms with E-state index in [1.54, 1.807) is 13.2 Å². The van der Waals surface area contributed by atoms with Crippen LogP contribution in [0, 0.1) is 13.8 Å². The van der Waals surface area contributed by atoms with Gasteiger partial charge in [-0.3, -0.25) is 9.36 Å². The first kappa shape index (κ1) is 27.2. The number of ether oxygens (including phenoxy) is 2. The van der Waals surface area contributed by atoms with E-state index >= 15 is 0 Å². The summed E-state index contributed by atoms with van der Waals surface area (Å²) in [6, 6.07) is 13.6. The summed E-state index contributed by atoms with van der Waals surface area (Å²) in [6.07, 6.45) is 1.75. The van der Waals surface area contributed by atoms with Crippen LogP contribution in [0.4, 0.5) is 5.00 Å². The lowest BCUT2D eigenvalue weighted by Crippen LogP contribution is -2.16. The molecule has 0 aliphatic rings. The maximum absolute atomic E-state index is 13.0. The van der Waals surface area contributed by atoms with Crippen LogP contribution in [0.2, 0.25) is 0 Å². The average Bonchev–Trinajstić information content (AvgIpc) is 3.52. The summed E-state index contributed by atoms with van der Waals surface area (Å²) in [5.41, 5.74) is 4.99. The second-order valence-electron chi connectivity index (χ2n) is 8.43. The standard InChI is InChI=1S/C28H28N4O4S2/c1-6-13-32-25(19-9-11-20(35-4)12-10-19)30-31-28(32)38-16-23(33)29-26-24(27(34)36-5)22(15-37-26)21-14-17(2)7-8-18(21)3/h6-12,14-15H,1,13,16H2,2-5H3,(H,29,33). The van der Waals surface area contributed by atoms with E-state index in [9.17, 15) is 9.59 Å². The molecule has 2 heterocycles. The fraction of sp³-hybridized carbons (Fsp3) is 0.214. The Morgan fingerprint density at radius 1 is 1.11 bits per heavy atom. The van der Waals surface area contributed by atoms with Gasteiger partial charge in [-0.1, -0.05) is 41.6 Å². The van der Waals surface area contributed by atoms with Crippen LogP contribution in [0.1, 0.15) is 21.5 Å². The van der Waals surface area contributed by atoms with E-state index in [4.69, 9.17) is 9.47 Å². The number of anilines is 1. The van der Waals surface area contributed by atoms with Gasteiger partial charge in [0.25, 0.3) is 0 Å². The molecule has 4 rings (SSSR count). The van der Waals surface area contributed by atoms with Gasteiger partial charge in [0.1, 0.15) is 16.3 Å². The predicted molar refractivity (Wildman–Crippen MR) is 152 cm³/mol. The van der Waals surface area contributed by atoms with E-state index < -0.39 is 5.97 Å². The van der Waals surface area contributed by atoms with Crippen molar-refractivity contribution in [1.29, 1.82) is 0 Å². The highest BCUT2D eigenvalue weighted by molar-refractivity contribution is 7.99. The molecule has 0 fully saturated rings. The summed E-state index contributed by atoms with van der Waals surface area (Å²) in [5, 5.41) is 14.4. The fourth-order valence-electron chi connectivity index (χ4n) is 3.91. The van der Waals surface area contributed by atoms with Gasteiger partial charge in [-0.2, -0.15) is 0 Å². The van der Waals surface area contributed by atoms with Gasteiger partial charge in [0.05, 0.1) is 20.0 Å². The van der Waals surface area contributed by atoms with E-state index in [0.717, 1.165) is 33.6 Å². The van der Waals surface area contributed by atoms with E-state index in [-0.39, 0.29) is 11.7 Å². The minimum atomic E-state index is -0.500. The Balaban J connectivity index is 1.54. The molecule has 196 valence electrons. The normalized spacial score (nSPS) is 10.7. The van der Waals surface area contributed by atoms with Crippen molar-refractivity contribution in [3.63, 3.8) is 0 Å². The molecular formula is C28H28N4O4S2. The van der Waals surface area contributed by atoms with Crippen LogP contribution in [-0.2, 0) is 16.1 Å². The van der Waals surface area contributed by atoms with Crippen molar-refractivity contribution < 1.29 is 19.1 Å². The average molecular weight is 549 g/mol. The zero-order valence-electron chi connectivity index (χ0n) is 21.6. The summed E-state index contributed by atoms with van der Waals surface area (Å²) < 4.78 is 12.2. The number of hydrogen-bond acceptors (Lipinski definition) is 8. The van der Waals surface area contributed by atoms with Crippen molar-refractivity contribution in [3.8, 4) is 28.3 Å². The Morgan fingerprint density at radius 3 is 2.55 bits per heavy atom. The highest BCUT2D eigenvalue weighted by Gasteiger charge is 2.24. The topological polar surface area (TPSA) is 95.3 Å². The molecule has 1 N–H and O–H groups in total. The van der Waals surface area contributed by atoms with Crippen LogP contribution in [0.25, 0.3) is 22.5 Å². The summed E-state index contributed by atoms with van der Waals surface area (Å²) >= 11 is 2.55. The van der Waals surface area contributed by atoms with E-state index in [1.165, 1.54) is 30.2 Å². The molecule has 38 heavy (non-hydrogen) atoms. The van der Waals surface area contributed by atoms with Crippen LogP contribution in [0.15, 0.2) is 65.7 Å². The number of thioether (sulfide) groups is 1. The van der Waals surface area contributed by atoms with E-state index in [1.807, 2.05) is 66.3 Å². The molecule has 0 atom stereocenters. The third kappa shape index (κ3) is 5.81. The summed E-state index contributed by atoms with van der Waals surface area (Å²) in [4.78, 5) is 25.7. The Labute approximate surface area is 229 Å². The van der Waals surface area contributed by atoms with Crippen molar-refractivity contribution in [2.24, 2.45) is 0 Å². The number of nitrogens with one attached hydrogen (secondary N) is 1. The van der Waals surface area contributed by atoms with Gasteiger partial charge in [0, 0.05) is 23.1 Å². The number of carbonyl (C=O) groups excluding carboxylic acids is 2. The minimum Gasteiger partial charge on any atom is -0.497 e. The van der Waals surface area contributed by atoms with Crippen LogP contribution in [0.3, 0.4) is 0 Å². The lowest BCUT2D eigenvalue weighted by atomic mass is 9.97. The number of hydrogen-bond donors (Lipinski definition) is 1. The number of allylic oxidation sites excluding steroid dienone is 1. The monoisotopic (exact) mass is 548 g/mol. The molecule has 2 aromatic heterocycles. The van der Waals surface area contributed by atoms with Gasteiger partial charge in [0.15, 0.2) is 11.0 Å². The summed E-state index contributed by atoms with van der Waals surface area (Å²) in [6.45, 7) is 8.30. The maximum atomic E-state index is 13.0. The SMILES string of the molecule is C=CCn1c(SCC(=O)Nc2scc(-c3cc(C)ccc3C)c2C(=O)OC)nnc1-c1ccc(OC)cc1. The number of benzene rings is 2. The van der Waals surface area contributed by atoms with Crippen molar-refractivity contribution >= 4 is 40.0 Å². The van der Waals surface area contributed by atoms with E-state index in [0.29, 0.717) is 28.1 Å². The first-order valence-corrected chi connectivity index (χ1v) is 13.6. The number of thiophene rings is 1. The summed E-state index contributed by atoms with van der Waals surface area (Å²) in [7, 11) is 2.95. The van der Waals surface area contributed by atoms with Crippen LogP contribution in [-0.4, -0.2) is 46.6 Å². The Bertz CT molecular complexity index is 1470. The van der Waals surface area contributed by atoms with Crippen LogP contribution >= 0.6 is 23.1 Å². The number of amides is 1. The number of methoxy groups -OCH3 is 2. The number of aryl methyl sites for hydroxylation is 2. The molecule has 0 unspecified atom stereocenters. The predicted octanol–water partition coefficient (Wildman–Crippen LogP) is 6.00. The zero-order valence-corrected chi connectivity index (χ0v) is 23.2. The van der Waals surface area contributed by atoms with Crippen molar-refractivity contribution in [2.45, 2.75) is 25.5 Å². The minimum absolute atomic E-state index is 0.0786. The van der Waals surface area contributed by atoms with Gasteiger partial charge < -0.3 is 14.8 Å². The van der Waals surface area contributed by atoms with Gasteiger partial charge in [-0.25, -0.2) is 4.79 Å². The van der Waals surface area contributed by atoms with Crippen molar-refractivity contribution in [2.75, 3.05) is 25.3 Å². The van der Waals surface area contributed by atoms with Crippen molar-refractivity contribution in [1.82, 2.24) is 14.8 Å². The van der Waals surface area contributed by atoms with Crippen LogP contribution in [0.5, 0.6) is 5.75 Å². The molecule has 0 aliphatic carbocycles. The smallest absolute Gasteiger partial charge is 0.341 e. The quantitative estimate of drug-likeness (QED) is 0.147. The molecular weight excluding hydrogens is 520 g/mol. The van der Waals surface area contributed by atoms with Gasteiger partial charge in [-0.15, -0.1) is 28.1 Å². The third-order valence-corrected chi connectivity index (χ3v) is 7.69. The highest BCUT2D eigenvalue weighted by atomic mass is 32.2. The van der Waals surface area contributed by atoms with Gasteiger partial charge in [0.2, 0.25) is 5.91 Å². The lowest BCUT2D eigenvalue weighted by molar-refractivity contribution is -0.113. The molecule has 0 spiro atoms. The number of nitrogens with zero attached hydrogens (tertiary/aromatic N) is 3. The second-order valence-corrected chi connectivity index (χ2v) is 10.3. The molecule has 0 saturated heterocycles. The summed E-state index contributed by atoms with van der Waals surface area (Å²) in [5.74, 6) is 0.721. The largest absolute Gasteiger partial charge is 0.497 e. The lowest BCUT2D eigenvalue weighted by Gasteiger charge is -2.10. The third-order valence-electron chi connectivity index (χ3n) is 5.83. The highest BCUT2D eigenvalue weighted by Crippen LogP contribution is 2.38. The molecule has 2 aromatic carbocycles. The molecule has 4 aromatic rings. The number of esters is 1. The molecule has 8 nitrogen and oxygen atoms in total. The first-order valence-electron chi connectivity index (χ1n) is 11.7. The molecule has 0 radical (unpaired) electrons. The van der Waals surface area contributed by atoms with Gasteiger partial charge >= 0.3 is 5.97 Å². The van der Waals surface area contributed by atoms with E-state index in [2.05, 4.69) is 22.1 Å². The van der Waals surface area contributed by atoms with Gasteiger partial charge in [-0.05, 0) is 49.2 Å². The maximum Gasteiger partial charge on any atom is 0.341 e. The number of rotatable bonds is 10. The molecule has 10 heteroatoms.